The Morgan fingerprint density at radius 1 is 1.40 bits per heavy atom. The third-order valence-electron chi connectivity index (χ3n) is 2.02. The fraction of sp³-hybridized carbons (Fsp3) is 0.200. The second-order valence-corrected chi connectivity index (χ2v) is 3.94. The van der Waals surface area contributed by atoms with Crippen LogP contribution < -0.4 is 4.74 Å². The first-order chi connectivity index (χ1) is 7.26. The van der Waals surface area contributed by atoms with E-state index in [1.165, 1.54) is 18.4 Å². The number of carbonyl (C=O) groups is 1. The summed E-state index contributed by atoms with van der Waals surface area (Å²) < 4.78 is 10.7. The van der Waals surface area contributed by atoms with Gasteiger partial charge in [-0.3, -0.25) is 4.98 Å². The molecule has 5 heteroatoms. The number of methoxy groups -OCH3 is 2. The molecule has 0 aliphatic carbocycles. The van der Waals surface area contributed by atoms with E-state index in [1.54, 1.807) is 25.6 Å². The van der Waals surface area contributed by atoms with Crippen LogP contribution >= 0.6 is 11.3 Å². The summed E-state index contributed by atoms with van der Waals surface area (Å²) in [5.41, 5.74) is 0. The summed E-state index contributed by atoms with van der Waals surface area (Å²) in [6.07, 6.45) is 3.32. The summed E-state index contributed by atoms with van der Waals surface area (Å²) in [4.78, 5) is 15.9. The molecule has 2 aromatic heterocycles. The molecule has 0 saturated carbocycles. The number of nitrogens with zero attached hydrogens (tertiary/aromatic N) is 1. The minimum Gasteiger partial charge on any atom is -0.494 e. The molecule has 78 valence electrons. The second-order valence-electron chi connectivity index (χ2n) is 2.86. The molecule has 0 atom stereocenters. The average Bonchev–Trinajstić information content (AvgIpc) is 2.71. The fourth-order valence-electron chi connectivity index (χ4n) is 1.30. The number of carbonyl (C=O) groups excluding carboxylic acids is 1. The second kappa shape index (κ2) is 3.86. The first-order valence-electron chi connectivity index (χ1n) is 4.26. The van der Waals surface area contributed by atoms with Gasteiger partial charge in [-0.25, -0.2) is 4.79 Å². The zero-order valence-electron chi connectivity index (χ0n) is 8.31. The summed E-state index contributed by atoms with van der Waals surface area (Å²) in [6, 6.07) is 1.76. The number of hydrogen-bond acceptors (Lipinski definition) is 5. The first kappa shape index (κ1) is 9.92. The number of esters is 1. The molecular weight excluding hydrogens is 214 g/mol. The monoisotopic (exact) mass is 223 g/mol. The minimum absolute atomic E-state index is 0.335. The summed E-state index contributed by atoms with van der Waals surface area (Å²) in [5, 5.41) is 0.887. The van der Waals surface area contributed by atoms with E-state index in [0.29, 0.717) is 10.6 Å². The van der Waals surface area contributed by atoms with Crippen molar-refractivity contribution in [2.45, 2.75) is 0 Å². The van der Waals surface area contributed by atoms with E-state index in [1.807, 2.05) is 0 Å². The molecule has 0 aromatic carbocycles. The summed E-state index contributed by atoms with van der Waals surface area (Å²) in [6.45, 7) is 0. The van der Waals surface area contributed by atoms with Crippen molar-refractivity contribution in [3.63, 3.8) is 0 Å². The van der Waals surface area contributed by atoms with E-state index in [0.717, 1.165) is 10.1 Å². The highest BCUT2D eigenvalue weighted by Crippen LogP contribution is 2.31. The average molecular weight is 223 g/mol. The summed E-state index contributed by atoms with van der Waals surface area (Å²) in [5.74, 6) is 0.331. The van der Waals surface area contributed by atoms with E-state index < -0.39 is 0 Å². The highest BCUT2D eigenvalue weighted by Gasteiger charge is 2.12. The van der Waals surface area contributed by atoms with Crippen molar-refractivity contribution in [3.8, 4) is 5.75 Å². The molecule has 0 radical (unpaired) electrons. The van der Waals surface area contributed by atoms with Crippen LogP contribution in [0.15, 0.2) is 18.5 Å². The number of aromatic nitrogens is 1. The van der Waals surface area contributed by atoms with Crippen molar-refractivity contribution in [1.29, 1.82) is 0 Å². The largest absolute Gasteiger partial charge is 0.494 e. The Labute approximate surface area is 90.5 Å². The van der Waals surface area contributed by atoms with Crippen LogP contribution in [-0.4, -0.2) is 25.2 Å². The topological polar surface area (TPSA) is 48.4 Å². The number of thiophene rings is 1. The molecule has 0 spiro atoms. The van der Waals surface area contributed by atoms with Crippen molar-refractivity contribution in [2.75, 3.05) is 14.2 Å². The third kappa shape index (κ3) is 1.66. The number of ether oxygens (including phenoxy) is 2. The van der Waals surface area contributed by atoms with Gasteiger partial charge >= 0.3 is 5.97 Å². The van der Waals surface area contributed by atoms with Gasteiger partial charge in [-0.1, -0.05) is 0 Å². The van der Waals surface area contributed by atoms with Crippen LogP contribution in [0.25, 0.3) is 10.1 Å². The van der Waals surface area contributed by atoms with Gasteiger partial charge in [0.25, 0.3) is 0 Å². The molecule has 0 fully saturated rings. The van der Waals surface area contributed by atoms with Crippen LogP contribution in [0.5, 0.6) is 5.75 Å². The third-order valence-corrected chi connectivity index (χ3v) is 3.07. The Hall–Kier alpha value is -1.62. The maximum atomic E-state index is 11.3. The van der Waals surface area contributed by atoms with E-state index >= 15 is 0 Å². The van der Waals surface area contributed by atoms with Gasteiger partial charge in [-0.05, 0) is 6.07 Å². The lowest BCUT2D eigenvalue weighted by Gasteiger charge is -1.98. The van der Waals surface area contributed by atoms with Gasteiger partial charge in [0, 0.05) is 11.6 Å². The molecule has 4 nitrogen and oxygen atoms in total. The number of fused-ring (bicyclic) bond motifs is 1. The molecule has 0 bridgehead atoms. The Kier molecular flexibility index (Phi) is 2.55. The molecule has 2 heterocycles. The first-order valence-corrected chi connectivity index (χ1v) is 5.07. The lowest BCUT2D eigenvalue weighted by Crippen LogP contribution is -1.96. The van der Waals surface area contributed by atoms with Crippen LogP contribution in [-0.2, 0) is 4.74 Å². The number of rotatable bonds is 2. The molecule has 2 aromatic rings. The Morgan fingerprint density at radius 2 is 2.20 bits per heavy atom. The predicted octanol–water partition coefficient (Wildman–Crippen LogP) is 2.09. The maximum Gasteiger partial charge on any atom is 0.348 e. The zero-order chi connectivity index (χ0) is 10.8. The van der Waals surface area contributed by atoms with Gasteiger partial charge in [0.05, 0.1) is 25.1 Å². The van der Waals surface area contributed by atoms with Crippen LogP contribution in [0.4, 0.5) is 0 Å². The van der Waals surface area contributed by atoms with Crippen LogP contribution in [0.3, 0.4) is 0 Å². The highest BCUT2D eigenvalue weighted by molar-refractivity contribution is 7.20. The van der Waals surface area contributed by atoms with Crippen LogP contribution in [0, 0.1) is 0 Å². The molecule has 15 heavy (non-hydrogen) atoms. The van der Waals surface area contributed by atoms with Gasteiger partial charge < -0.3 is 9.47 Å². The summed E-state index contributed by atoms with van der Waals surface area (Å²) >= 11 is 1.34. The maximum absolute atomic E-state index is 11.3. The van der Waals surface area contributed by atoms with E-state index in [9.17, 15) is 4.79 Å². The smallest absolute Gasteiger partial charge is 0.348 e. The Bertz CT molecular complexity index is 506. The predicted molar refractivity (Wildman–Crippen MR) is 57.5 cm³/mol. The molecule has 0 saturated heterocycles. The zero-order valence-corrected chi connectivity index (χ0v) is 9.13. The summed E-state index contributed by atoms with van der Waals surface area (Å²) in [7, 11) is 2.94. The normalized spacial score (nSPS) is 10.3. The van der Waals surface area contributed by atoms with Gasteiger partial charge in [-0.15, -0.1) is 11.3 Å². The van der Waals surface area contributed by atoms with Crippen LogP contribution in [0.2, 0.25) is 0 Å². The minimum atomic E-state index is -0.335. The van der Waals surface area contributed by atoms with Crippen molar-refractivity contribution in [3.05, 3.63) is 23.3 Å². The molecule has 0 N–H and O–H groups in total. The Morgan fingerprint density at radius 3 is 2.87 bits per heavy atom. The molecular formula is C10H9NO3S. The molecule has 0 aliphatic rings. The van der Waals surface area contributed by atoms with Gasteiger partial charge in [0.1, 0.15) is 10.6 Å². The van der Waals surface area contributed by atoms with Crippen molar-refractivity contribution in [1.82, 2.24) is 4.98 Å². The molecule has 0 unspecified atom stereocenters. The number of pyridine rings is 1. The lowest BCUT2D eigenvalue weighted by molar-refractivity contribution is 0.0606. The standard InChI is InChI=1S/C10H9NO3S/c1-13-7-4-11-5-9-6(7)3-8(15-9)10(12)14-2/h3-5H,1-2H3. The molecule has 0 aliphatic heterocycles. The fourth-order valence-corrected chi connectivity index (χ4v) is 2.26. The van der Waals surface area contributed by atoms with Crippen molar-refractivity contribution < 1.29 is 14.3 Å². The van der Waals surface area contributed by atoms with Gasteiger partial charge in [-0.2, -0.15) is 0 Å². The van der Waals surface area contributed by atoms with Gasteiger partial charge in [0.15, 0.2) is 0 Å². The Balaban J connectivity index is 2.60. The van der Waals surface area contributed by atoms with Crippen molar-refractivity contribution in [2.24, 2.45) is 0 Å². The highest BCUT2D eigenvalue weighted by atomic mass is 32.1. The van der Waals surface area contributed by atoms with Gasteiger partial charge in [0.2, 0.25) is 0 Å². The van der Waals surface area contributed by atoms with Crippen LogP contribution in [0.1, 0.15) is 9.67 Å². The van der Waals surface area contributed by atoms with Crippen molar-refractivity contribution >= 4 is 27.4 Å². The van der Waals surface area contributed by atoms with E-state index in [2.05, 4.69) is 9.72 Å². The SMILES string of the molecule is COC(=O)c1cc2c(OC)cncc2s1. The number of hydrogen-bond donors (Lipinski definition) is 0. The molecule has 0 amide bonds. The lowest BCUT2D eigenvalue weighted by atomic mass is 10.3. The molecule has 2 rings (SSSR count). The van der Waals surface area contributed by atoms with E-state index in [4.69, 9.17) is 4.74 Å². The van der Waals surface area contributed by atoms with E-state index in [-0.39, 0.29) is 5.97 Å². The quantitative estimate of drug-likeness (QED) is 0.731.